The summed E-state index contributed by atoms with van der Waals surface area (Å²) in [4.78, 5) is 15.2. The number of amides is 1. The Kier molecular flexibility index (Phi) is 6.11. The number of nitrogens with one attached hydrogen (secondary N) is 1. The molecule has 1 fully saturated rings. The van der Waals surface area contributed by atoms with E-state index in [9.17, 15) is 4.79 Å². The molecular formula is C25H32N2O. The minimum absolute atomic E-state index is 0.00863. The van der Waals surface area contributed by atoms with Gasteiger partial charge in [-0.05, 0) is 86.5 Å². The number of hydrogen-bond acceptors (Lipinski definition) is 2. The van der Waals surface area contributed by atoms with E-state index in [0.29, 0.717) is 0 Å². The van der Waals surface area contributed by atoms with Crippen molar-refractivity contribution in [2.75, 3.05) is 13.1 Å². The molecule has 1 saturated heterocycles. The lowest BCUT2D eigenvalue weighted by Crippen LogP contribution is -2.27. The average molecular weight is 377 g/mol. The first-order valence-electron chi connectivity index (χ1n) is 10.9. The Morgan fingerprint density at radius 1 is 0.929 bits per heavy atom. The summed E-state index contributed by atoms with van der Waals surface area (Å²) >= 11 is 0. The predicted molar refractivity (Wildman–Crippen MR) is 115 cm³/mol. The Bertz CT molecular complexity index is 804. The number of nitrogens with zero attached hydrogens (tertiary/aromatic N) is 1. The summed E-state index contributed by atoms with van der Waals surface area (Å²) in [5.74, 6) is 0.00863. The second kappa shape index (κ2) is 8.91. The predicted octanol–water partition coefficient (Wildman–Crippen LogP) is 5.04. The largest absolute Gasteiger partial charge is 0.346 e. The number of hydrogen-bond donors (Lipinski definition) is 1. The molecule has 4 rings (SSSR count). The van der Waals surface area contributed by atoms with Crippen molar-refractivity contribution in [1.29, 1.82) is 0 Å². The summed E-state index contributed by atoms with van der Waals surface area (Å²) < 4.78 is 0. The fourth-order valence-corrected chi connectivity index (χ4v) is 4.54. The van der Waals surface area contributed by atoms with Crippen LogP contribution >= 0.6 is 0 Å². The van der Waals surface area contributed by atoms with Crippen molar-refractivity contribution < 1.29 is 4.79 Å². The molecule has 1 N–H and O–H groups in total. The maximum Gasteiger partial charge on any atom is 0.251 e. The summed E-state index contributed by atoms with van der Waals surface area (Å²) in [6, 6.07) is 14.9. The highest BCUT2D eigenvalue weighted by Gasteiger charge is 2.16. The first-order chi connectivity index (χ1) is 13.7. The van der Waals surface area contributed by atoms with Gasteiger partial charge in [0.15, 0.2) is 0 Å². The topological polar surface area (TPSA) is 32.3 Å². The normalized spacial score (nSPS) is 18.3. The minimum atomic E-state index is 0.00863. The van der Waals surface area contributed by atoms with Gasteiger partial charge in [-0.2, -0.15) is 0 Å². The minimum Gasteiger partial charge on any atom is -0.346 e. The highest BCUT2D eigenvalue weighted by Crippen LogP contribution is 2.25. The Morgan fingerprint density at radius 3 is 2.39 bits per heavy atom. The van der Waals surface area contributed by atoms with Crippen LogP contribution < -0.4 is 5.32 Å². The Labute approximate surface area is 169 Å². The fraction of sp³-hybridized carbons (Fsp3) is 0.480. The van der Waals surface area contributed by atoms with Gasteiger partial charge in [0.25, 0.3) is 5.91 Å². The Hall–Kier alpha value is -2.13. The van der Waals surface area contributed by atoms with Crippen LogP contribution in [0, 0.1) is 0 Å². The van der Waals surface area contributed by atoms with E-state index < -0.39 is 0 Å². The molecule has 0 aromatic heterocycles. The lowest BCUT2D eigenvalue weighted by Gasteiger charge is -2.20. The van der Waals surface area contributed by atoms with Crippen LogP contribution in [0.1, 0.15) is 77.7 Å². The molecule has 3 nitrogen and oxygen atoms in total. The van der Waals surface area contributed by atoms with Gasteiger partial charge in [0.2, 0.25) is 0 Å². The van der Waals surface area contributed by atoms with Crippen LogP contribution in [0.15, 0.2) is 42.5 Å². The molecule has 0 bridgehead atoms. The number of fused-ring (bicyclic) bond motifs is 1. The van der Waals surface area contributed by atoms with E-state index in [2.05, 4.69) is 47.5 Å². The molecule has 1 aliphatic heterocycles. The molecule has 28 heavy (non-hydrogen) atoms. The van der Waals surface area contributed by atoms with E-state index in [1.54, 1.807) is 0 Å². The average Bonchev–Trinajstić information content (AvgIpc) is 3.04. The highest BCUT2D eigenvalue weighted by atomic mass is 16.1. The van der Waals surface area contributed by atoms with Gasteiger partial charge >= 0.3 is 0 Å². The molecule has 1 amide bonds. The van der Waals surface area contributed by atoms with E-state index in [1.165, 1.54) is 80.3 Å². The SMILES string of the molecule is C[C@@H](NC(=O)c1ccc(CN2CCCCCC2)cc1)c1ccc2c(c1)CCC2. The van der Waals surface area contributed by atoms with Crippen molar-refractivity contribution in [3.8, 4) is 0 Å². The molecule has 148 valence electrons. The summed E-state index contributed by atoms with van der Waals surface area (Å²) in [6.07, 6.45) is 8.95. The molecule has 1 heterocycles. The van der Waals surface area contributed by atoms with Crippen molar-refractivity contribution >= 4 is 5.91 Å². The lowest BCUT2D eigenvalue weighted by molar-refractivity contribution is 0.0940. The third-order valence-corrected chi connectivity index (χ3v) is 6.29. The van der Waals surface area contributed by atoms with Gasteiger partial charge in [-0.1, -0.05) is 43.2 Å². The second-order valence-corrected chi connectivity index (χ2v) is 8.46. The van der Waals surface area contributed by atoms with Crippen LogP contribution in [0.4, 0.5) is 0 Å². The van der Waals surface area contributed by atoms with Crippen LogP contribution in [0.5, 0.6) is 0 Å². The number of carbonyl (C=O) groups is 1. The van der Waals surface area contributed by atoms with Crippen molar-refractivity contribution in [2.24, 2.45) is 0 Å². The van der Waals surface area contributed by atoms with Crippen LogP contribution in [-0.2, 0) is 19.4 Å². The third kappa shape index (κ3) is 4.64. The van der Waals surface area contributed by atoms with E-state index in [-0.39, 0.29) is 11.9 Å². The number of benzene rings is 2. The maximum atomic E-state index is 12.7. The summed E-state index contributed by atoms with van der Waals surface area (Å²) in [7, 11) is 0. The van der Waals surface area contributed by atoms with E-state index in [1.807, 2.05) is 12.1 Å². The molecule has 2 aromatic rings. The van der Waals surface area contributed by atoms with Gasteiger partial charge in [-0.15, -0.1) is 0 Å². The quantitative estimate of drug-likeness (QED) is 0.793. The summed E-state index contributed by atoms with van der Waals surface area (Å²) in [5.41, 5.74) is 6.17. The van der Waals surface area contributed by atoms with Crippen LogP contribution in [0.3, 0.4) is 0 Å². The van der Waals surface area contributed by atoms with E-state index in [4.69, 9.17) is 0 Å². The fourth-order valence-electron chi connectivity index (χ4n) is 4.54. The molecule has 2 aromatic carbocycles. The van der Waals surface area contributed by atoms with Gasteiger partial charge in [0, 0.05) is 12.1 Å². The van der Waals surface area contributed by atoms with Crippen molar-refractivity contribution in [1.82, 2.24) is 10.2 Å². The standard InChI is InChI=1S/C25H32N2O/c1-19(23-14-13-21-7-6-8-24(21)17-23)26-25(28)22-11-9-20(10-12-22)18-27-15-4-2-3-5-16-27/h9-14,17,19H,2-8,15-16,18H2,1H3,(H,26,28)/t19-/m1/s1. The Balaban J connectivity index is 1.35. The zero-order chi connectivity index (χ0) is 19.3. The third-order valence-electron chi connectivity index (χ3n) is 6.29. The zero-order valence-electron chi connectivity index (χ0n) is 17.0. The molecule has 1 atom stereocenters. The second-order valence-electron chi connectivity index (χ2n) is 8.46. The number of carbonyl (C=O) groups excluding carboxylic acids is 1. The molecule has 0 unspecified atom stereocenters. The monoisotopic (exact) mass is 376 g/mol. The molecule has 0 radical (unpaired) electrons. The smallest absolute Gasteiger partial charge is 0.251 e. The van der Waals surface area contributed by atoms with Gasteiger partial charge < -0.3 is 5.32 Å². The van der Waals surface area contributed by atoms with Gasteiger partial charge in [-0.25, -0.2) is 0 Å². The van der Waals surface area contributed by atoms with Crippen molar-refractivity contribution in [2.45, 2.75) is 64.5 Å². The number of likely N-dealkylation sites (tertiary alicyclic amines) is 1. The van der Waals surface area contributed by atoms with Gasteiger partial charge in [-0.3, -0.25) is 9.69 Å². The van der Waals surface area contributed by atoms with E-state index in [0.717, 1.165) is 12.1 Å². The van der Waals surface area contributed by atoms with Crippen LogP contribution in [-0.4, -0.2) is 23.9 Å². The van der Waals surface area contributed by atoms with Crippen LogP contribution in [0.25, 0.3) is 0 Å². The molecule has 1 aliphatic carbocycles. The molecule has 0 saturated carbocycles. The first kappa shape index (κ1) is 19.2. The van der Waals surface area contributed by atoms with Crippen molar-refractivity contribution in [3.63, 3.8) is 0 Å². The first-order valence-corrected chi connectivity index (χ1v) is 10.9. The molecule has 2 aliphatic rings. The molecule has 3 heteroatoms. The number of rotatable bonds is 5. The highest BCUT2D eigenvalue weighted by molar-refractivity contribution is 5.94. The van der Waals surface area contributed by atoms with Crippen molar-refractivity contribution in [3.05, 3.63) is 70.3 Å². The maximum absolute atomic E-state index is 12.7. The molecular weight excluding hydrogens is 344 g/mol. The van der Waals surface area contributed by atoms with Crippen LogP contribution in [0.2, 0.25) is 0 Å². The summed E-state index contributed by atoms with van der Waals surface area (Å²) in [5, 5.41) is 3.16. The van der Waals surface area contributed by atoms with Gasteiger partial charge in [0.1, 0.15) is 0 Å². The summed E-state index contributed by atoms with van der Waals surface area (Å²) in [6.45, 7) is 5.46. The Morgan fingerprint density at radius 2 is 1.64 bits per heavy atom. The molecule has 0 spiro atoms. The van der Waals surface area contributed by atoms with E-state index >= 15 is 0 Å². The zero-order valence-corrected chi connectivity index (χ0v) is 17.0. The lowest BCUT2D eigenvalue weighted by atomic mass is 10.0. The van der Waals surface area contributed by atoms with Gasteiger partial charge in [0.05, 0.1) is 6.04 Å². The number of aryl methyl sites for hydroxylation is 2.